The lowest BCUT2D eigenvalue weighted by molar-refractivity contribution is 1.01. The van der Waals surface area contributed by atoms with Crippen molar-refractivity contribution in [1.82, 2.24) is 15.0 Å². The minimum atomic E-state index is 0.468. The van der Waals surface area contributed by atoms with Crippen LogP contribution >= 0.6 is 0 Å². The van der Waals surface area contributed by atoms with Crippen LogP contribution in [0.1, 0.15) is 5.56 Å². The fraction of sp³-hybridized carbons (Fsp3) is 0.0455. The lowest BCUT2D eigenvalue weighted by Gasteiger charge is -2.11. The van der Waals surface area contributed by atoms with E-state index in [1.165, 1.54) is 0 Å². The molecule has 0 bridgehead atoms. The van der Waals surface area contributed by atoms with Crippen LogP contribution in [0, 0.1) is 0 Å². The van der Waals surface area contributed by atoms with Crippen molar-refractivity contribution in [2.24, 2.45) is 0 Å². The highest BCUT2D eigenvalue weighted by Gasteiger charge is 2.08. The van der Waals surface area contributed by atoms with Gasteiger partial charge in [-0.1, -0.05) is 66.7 Å². The average molecular weight is 368 g/mol. The SMILES string of the molecule is c1ccc(CNc2nc(Nc3ccccc3)nc(Nc3ccccc3)n2)cc1. The van der Waals surface area contributed by atoms with E-state index in [0.717, 1.165) is 16.9 Å². The van der Waals surface area contributed by atoms with Crippen LogP contribution in [0.3, 0.4) is 0 Å². The first kappa shape index (κ1) is 17.5. The fourth-order valence-corrected chi connectivity index (χ4v) is 2.64. The zero-order valence-electron chi connectivity index (χ0n) is 15.2. The molecule has 0 saturated heterocycles. The van der Waals surface area contributed by atoms with Crippen molar-refractivity contribution in [3.8, 4) is 0 Å². The summed E-state index contributed by atoms with van der Waals surface area (Å²) in [5.74, 6) is 1.43. The van der Waals surface area contributed by atoms with Crippen molar-refractivity contribution in [3.05, 3.63) is 96.6 Å². The summed E-state index contributed by atoms with van der Waals surface area (Å²) >= 11 is 0. The zero-order chi connectivity index (χ0) is 19.0. The number of nitrogens with one attached hydrogen (secondary N) is 3. The maximum Gasteiger partial charge on any atom is 0.233 e. The number of rotatable bonds is 7. The summed E-state index contributed by atoms with van der Waals surface area (Å²) in [5, 5.41) is 9.72. The molecule has 1 heterocycles. The Hall–Kier alpha value is -3.93. The standard InChI is InChI=1S/C22H20N6/c1-4-10-17(11-5-1)16-23-20-26-21(24-18-12-6-2-7-13-18)28-22(27-20)25-19-14-8-3-9-15-19/h1-15H,16H2,(H3,23,24,25,26,27,28). The highest BCUT2D eigenvalue weighted by Crippen LogP contribution is 2.18. The Balaban J connectivity index is 1.58. The van der Waals surface area contributed by atoms with Gasteiger partial charge >= 0.3 is 0 Å². The van der Waals surface area contributed by atoms with Gasteiger partial charge in [0.05, 0.1) is 0 Å². The second kappa shape index (κ2) is 8.64. The Labute approximate surface area is 163 Å². The molecule has 0 atom stereocenters. The van der Waals surface area contributed by atoms with Crippen molar-refractivity contribution in [3.63, 3.8) is 0 Å². The van der Waals surface area contributed by atoms with Gasteiger partial charge in [0.25, 0.3) is 0 Å². The molecule has 1 aromatic heterocycles. The molecule has 6 heteroatoms. The van der Waals surface area contributed by atoms with Gasteiger partial charge < -0.3 is 16.0 Å². The lowest BCUT2D eigenvalue weighted by atomic mass is 10.2. The summed E-state index contributed by atoms with van der Waals surface area (Å²) in [4.78, 5) is 13.5. The van der Waals surface area contributed by atoms with Gasteiger partial charge in [-0.2, -0.15) is 15.0 Å². The van der Waals surface area contributed by atoms with E-state index >= 15 is 0 Å². The number of nitrogens with zero attached hydrogens (tertiary/aromatic N) is 3. The van der Waals surface area contributed by atoms with Gasteiger partial charge in [-0.05, 0) is 29.8 Å². The highest BCUT2D eigenvalue weighted by molar-refractivity contribution is 5.59. The summed E-state index contributed by atoms with van der Waals surface area (Å²) in [6.07, 6.45) is 0. The first-order valence-electron chi connectivity index (χ1n) is 9.03. The van der Waals surface area contributed by atoms with Gasteiger partial charge in [-0.15, -0.1) is 0 Å². The normalized spacial score (nSPS) is 10.3. The van der Waals surface area contributed by atoms with Crippen molar-refractivity contribution >= 4 is 29.2 Å². The summed E-state index contributed by atoms with van der Waals surface area (Å²) in [6.45, 7) is 0.625. The van der Waals surface area contributed by atoms with E-state index in [9.17, 15) is 0 Å². The Bertz CT molecular complexity index is 947. The van der Waals surface area contributed by atoms with Crippen LogP contribution in [-0.2, 0) is 6.54 Å². The largest absolute Gasteiger partial charge is 0.350 e. The molecule has 0 aliphatic heterocycles. The molecule has 0 aliphatic rings. The molecule has 4 aromatic rings. The molecule has 3 N–H and O–H groups in total. The van der Waals surface area contributed by atoms with Gasteiger partial charge in [0.2, 0.25) is 17.8 Å². The number of aromatic nitrogens is 3. The Morgan fingerprint density at radius 2 is 0.929 bits per heavy atom. The first-order chi connectivity index (χ1) is 13.8. The molecule has 6 nitrogen and oxygen atoms in total. The zero-order valence-corrected chi connectivity index (χ0v) is 15.2. The third-order valence-electron chi connectivity index (χ3n) is 3.99. The molecule has 0 unspecified atom stereocenters. The molecule has 4 rings (SSSR count). The first-order valence-corrected chi connectivity index (χ1v) is 9.03. The molecule has 3 aromatic carbocycles. The minimum Gasteiger partial charge on any atom is -0.350 e. The van der Waals surface area contributed by atoms with Crippen molar-refractivity contribution < 1.29 is 0 Å². The lowest BCUT2D eigenvalue weighted by Crippen LogP contribution is -2.09. The van der Waals surface area contributed by atoms with E-state index in [1.54, 1.807) is 0 Å². The van der Waals surface area contributed by atoms with E-state index in [4.69, 9.17) is 0 Å². The number of hydrogen-bond donors (Lipinski definition) is 3. The third kappa shape index (κ3) is 4.82. The van der Waals surface area contributed by atoms with Crippen LogP contribution in [0.15, 0.2) is 91.0 Å². The van der Waals surface area contributed by atoms with Crippen molar-refractivity contribution in [2.45, 2.75) is 6.54 Å². The number of anilines is 5. The maximum absolute atomic E-state index is 4.50. The third-order valence-corrected chi connectivity index (χ3v) is 3.99. The molecule has 0 spiro atoms. The number of para-hydroxylation sites is 2. The van der Waals surface area contributed by atoms with E-state index in [-0.39, 0.29) is 0 Å². The molecule has 0 saturated carbocycles. The Morgan fingerprint density at radius 1 is 0.500 bits per heavy atom. The monoisotopic (exact) mass is 368 g/mol. The van der Waals surface area contributed by atoms with Gasteiger partial charge in [-0.3, -0.25) is 0 Å². The number of hydrogen-bond acceptors (Lipinski definition) is 6. The second-order valence-electron chi connectivity index (χ2n) is 6.13. The molecule has 0 aliphatic carbocycles. The van der Waals surface area contributed by atoms with Crippen LogP contribution in [0.25, 0.3) is 0 Å². The molecular weight excluding hydrogens is 348 g/mol. The van der Waals surface area contributed by atoms with E-state index in [1.807, 2.05) is 78.9 Å². The van der Waals surface area contributed by atoms with Crippen LogP contribution in [0.4, 0.5) is 29.2 Å². The molecular formula is C22H20N6. The summed E-state index contributed by atoms with van der Waals surface area (Å²) < 4.78 is 0. The van der Waals surface area contributed by atoms with Gasteiger partial charge in [0.1, 0.15) is 0 Å². The van der Waals surface area contributed by atoms with Crippen LogP contribution < -0.4 is 16.0 Å². The molecule has 0 fully saturated rings. The van der Waals surface area contributed by atoms with Gasteiger partial charge in [0, 0.05) is 17.9 Å². The van der Waals surface area contributed by atoms with Crippen LogP contribution in [0.2, 0.25) is 0 Å². The summed E-state index contributed by atoms with van der Waals surface area (Å²) in [5.41, 5.74) is 2.97. The van der Waals surface area contributed by atoms with Crippen LogP contribution in [-0.4, -0.2) is 15.0 Å². The summed E-state index contributed by atoms with van der Waals surface area (Å²) in [6, 6.07) is 29.8. The fourth-order valence-electron chi connectivity index (χ4n) is 2.64. The Kier molecular flexibility index (Phi) is 5.39. The van der Waals surface area contributed by atoms with E-state index in [2.05, 4.69) is 43.0 Å². The van der Waals surface area contributed by atoms with Crippen LogP contribution in [0.5, 0.6) is 0 Å². The van der Waals surface area contributed by atoms with Crippen molar-refractivity contribution in [1.29, 1.82) is 0 Å². The molecule has 0 radical (unpaired) electrons. The quantitative estimate of drug-likeness (QED) is 0.428. The molecule has 0 amide bonds. The van der Waals surface area contributed by atoms with E-state index in [0.29, 0.717) is 24.4 Å². The second-order valence-corrected chi connectivity index (χ2v) is 6.13. The molecule has 28 heavy (non-hydrogen) atoms. The topological polar surface area (TPSA) is 74.8 Å². The predicted molar refractivity (Wildman–Crippen MR) is 113 cm³/mol. The Morgan fingerprint density at radius 3 is 1.43 bits per heavy atom. The maximum atomic E-state index is 4.50. The highest BCUT2D eigenvalue weighted by atomic mass is 15.3. The van der Waals surface area contributed by atoms with E-state index < -0.39 is 0 Å². The smallest absolute Gasteiger partial charge is 0.233 e. The van der Waals surface area contributed by atoms with Gasteiger partial charge in [-0.25, -0.2) is 0 Å². The van der Waals surface area contributed by atoms with Gasteiger partial charge in [0.15, 0.2) is 0 Å². The average Bonchev–Trinajstić information content (AvgIpc) is 2.74. The summed E-state index contributed by atoms with van der Waals surface area (Å²) in [7, 11) is 0. The predicted octanol–water partition coefficient (Wildman–Crippen LogP) is 4.97. The van der Waals surface area contributed by atoms with Crippen molar-refractivity contribution in [2.75, 3.05) is 16.0 Å². The molecule has 138 valence electrons. The minimum absolute atomic E-state index is 0.468. The number of benzene rings is 3.